The molecule has 0 fully saturated rings. The van der Waals surface area contributed by atoms with Crippen LogP contribution in [0.2, 0.25) is 0 Å². The van der Waals surface area contributed by atoms with Gasteiger partial charge in [-0.3, -0.25) is 0 Å². The second-order valence-corrected chi connectivity index (χ2v) is 8.36. The summed E-state index contributed by atoms with van der Waals surface area (Å²) in [5.41, 5.74) is 3.39. The van der Waals surface area contributed by atoms with E-state index in [9.17, 15) is 13.2 Å². The lowest BCUT2D eigenvalue weighted by atomic mass is 10.1. The Morgan fingerprint density at radius 1 is 1.19 bits per heavy atom. The van der Waals surface area contributed by atoms with Crippen LogP contribution in [0.5, 0.6) is 0 Å². The second kappa shape index (κ2) is 6.35. The van der Waals surface area contributed by atoms with Gasteiger partial charge in [-0.1, -0.05) is 30.3 Å². The van der Waals surface area contributed by atoms with Crippen LogP contribution in [0, 0.1) is 6.92 Å². The minimum Gasteiger partial charge on any atom is -0.461 e. The highest BCUT2D eigenvalue weighted by Crippen LogP contribution is 2.40. The van der Waals surface area contributed by atoms with Gasteiger partial charge in [0.1, 0.15) is 0 Å². The Labute approximate surface area is 157 Å². The van der Waals surface area contributed by atoms with Gasteiger partial charge in [0.15, 0.2) is 15.5 Å². The quantitative estimate of drug-likeness (QED) is 0.650. The number of hydrogen-bond donors (Lipinski definition) is 0. The van der Waals surface area contributed by atoms with Crippen LogP contribution < -0.4 is 0 Å². The highest BCUT2D eigenvalue weighted by molar-refractivity contribution is 7.90. The maximum Gasteiger partial charge on any atom is 0.359 e. The van der Waals surface area contributed by atoms with Crippen molar-refractivity contribution in [2.24, 2.45) is 0 Å². The van der Waals surface area contributed by atoms with E-state index in [4.69, 9.17) is 4.74 Å². The number of fused-ring (bicyclic) bond motifs is 3. The standard InChI is InChI=1S/C20H18N2O4S/c1-3-26-20(23)18-16-12-27(24,25)17-10-5-4-9-15(17)19(16)22(21-18)14-8-6-7-13(2)11-14/h4-11H,3,12H2,1-2H3. The van der Waals surface area contributed by atoms with E-state index < -0.39 is 15.8 Å². The van der Waals surface area contributed by atoms with Crippen LogP contribution in [-0.2, 0) is 20.3 Å². The van der Waals surface area contributed by atoms with Crippen molar-refractivity contribution in [3.05, 3.63) is 65.4 Å². The smallest absolute Gasteiger partial charge is 0.359 e. The van der Waals surface area contributed by atoms with E-state index in [1.807, 2.05) is 31.2 Å². The first-order valence-corrected chi connectivity index (χ1v) is 10.3. The summed E-state index contributed by atoms with van der Waals surface area (Å²) in [5, 5.41) is 4.46. The summed E-state index contributed by atoms with van der Waals surface area (Å²) in [6.07, 6.45) is 0. The molecule has 3 aromatic rings. The van der Waals surface area contributed by atoms with Crippen molar-refractivity contribution >= 4 is 15.8 Å². The lowest BCUT2D eigenvalue weighted by Gasteiger charge is -2.19. The predicted octanol–water partition coefficient (Wildman–Crippen LogP) is 3.31. The normalized spacial score (nSPS) is 14.3. The summed E-state index contributed by atoms with van der Waals surface area (Å²) in [7, 11) is -3.56. The number of rotatable bonds is 3. The molecule has 0 spiro atoms. The molecule has 1 aromatic heterocycles. The number of nitrogens with zero attached hydrogens (tertiary/aromatic N) is 2. The first-order chi connectivity index (χ1) is 12.9. The van der Waals surface area contributed by atoms with Gasteiger partial charge in [0.05, 0.1) is 28.6 Å². The van der Waals surface area contributed by atoms with Crippen molar-refractivity contribution in [1.82, 2.24) is 9.78 Å². The second-order valence-electron chi connectivity index (χ2n) is 6.40. The van der Waals surface area contributed by atoms with E-state index in [1.54, 1.807) is 35.9 Å². The molecule has 0 saturated carbocycles. The number of ether oxygens (including phenoxy) is 1. The molecule has 4 rings (SSSR count). The van der Waals surface area contributed by atoms with Crippen LogP contribution in [0.1, 0.15) is 28.5 Å². The molecule has 1 aliphatic rings. The fraction of sp³-hybridized carbons (Fsp3) is 0.200. The average molecular weight is 382 g/mol. The molecule has 7 heteroatoms. The zero-order chi connectivity index (χ0) is 19.2. The van der Waals surface area contributed by atoms with Crippen molar-refractivity contribution < 1.29 is 17.9 Å². The minimum absolute atomic E-state index is 0.0476. The molecule has 0 amide bonds. The summed E-state index contributed by atoms with van der Waals surface area (Å²) in [5.74, 6) is -0.894. The summed E-state index contributed by atoms with van der Waals surface area (Å²) in [6.45, 7) is 3.85. The number of sulfone groups is 1. The SMILES string of the molecule is CCOC(=O)c1nn(-c2cccc(C)c2)c2c1CS(=O)(=O)c1ccccc1-2. The highest BCUT2D eigenvalue weighted by Gasteiger charge is 2.36. The molecule has 27 heavy (non-hydrogen) atoms. The van der Waals surface area contributed by atoms with E-state index in [1.165, 1.54) is 0 Å². The molecule has 0 saturated heterocycles. The molecule has 0 bridgehead atoms. The Morgan fingerprint density at radius 3 is 2.70 bits per heavy atom. The zero-order valence-electron chi connectivity index (χ0n) is 15.0. The first kappa shape index (κ1) is 17.5. The van der Waals surface area contributed by atoms with Crippen molar-refractivity contribution in [1.29, 1.82) is 0 Å². The van der Waals surface area contributed by atoms with Gasteiger partial charge < -0.3 is 4.74 Å². The zero-order valence-corrected chi connectivity index (χ0v) is 15.8. The molecule has 1 aliphatic heterocycles. The van der Waals surface area contributed by atoms with Gasteiger partial charge >= 0.3 is 5.97 Å². The number of hydrogen-bond acceptors (Lipinski definition) is 5. The number of benzene rings is 2. The van der Waals surface area contributed by atoms with E-state index in [0.29, 0.717) is 16.8 Å². The molecule has 0 aliphatic carbocycles. The summed E-state index contributed by atoms with van der Waals surface area (Å²) < 4.78 is 32.3. The van der Waals surface area contributed by atoms with E-state index >= 15 is 0 Å². The minimum atomic E-state index is -3.56. The lowest BCUT2D eigenvalue weighted by Crippen LogP contribution is -2.16. The van der Waals surface area contributed by atoms with Crippen LogP contribution >= 0.6 is 0 Å². The molecule has 0 unspecified atom stereocenters. The number of carbonyl (C=O) groups excluding carboxylic acids is 1. The van der Waals surface area contributed by atoms with E-state index in [0.717, 1.165) is 11.3 Å². The molecule has 6 nitrogen and oxygen atoms in total. The third kappa shape index (κ3) is 2.84. The lowest BCUT2D eigenvalue weighted by molar-refractivity contribution is 0.0518. The summed E-state index contributed by atoms with van der Waals surface area (Å²) in [6, 6.07) is 14.5. The van der Waals surface area contributed by atoms with Crippen molar-refractivity contribution in [3.8, 4) is 16.9 Å². The Kier molecular flexibility index (Phi) is 4.11. The molecule has 138 valence electrons. The maximum absolute atomic E-state index is 12.8. The van der Waals surface area contributed by atoms with Crippen LogP contribution in [0.15, 0.2) is 53.4 Å². The summed E-state index contributed by atoms with van der Waals surface area (Å²) in [4.78, 5) is 12.7. The van der Waals surface area contributed by atoms with Gasteiger partial charge in [-0.2, -0.15) is 5.10 Å². The van der Waals surface area contributed by atoms with Crippen molar-refractivity contribution in [2.45, 2.75) is 24.5 Å². The fourth-order valence-electron chi connectivity index (χ4n) is 3.37. The Balaban J connectivity index is 2.06. The Morgan fingerprint density at radius 2 is 1.96 bits per heavy atom. The van der Waals surface area contributed by atoms with Crippen LogP contribution in [0.25, 0.3) is 16.9 Å². The van der Waals surface area contributed by atoms with Crippen LogP contribution in [-0.4, -0.2) is 30.8 Å². The fourth-order valence-corrected chi connectivity index (χ4v) is 4.97. The number of aryl methyl sites for hydroxylation is 1. The van der Waals surface area contributed by atoms with E-state index in [-0.39, 0.29) is 22.9 Å². The van der Waals surface area contributed by atoms with Crippen LogP contribution in [0.3, 0.4) is 0 Å². The van der Waals surface area contributed by atoms with Gasteiger partial charge in [0.25, 0.3) is 0 Å². The third-order valence-electron chi connectivity index (χ3n) is 4.51. The van der Waals surface area contributed by atoms with Gasteiger partial charge in [-0.05, 0) is 37.6 Å². The van der Waals surface area contributed by atoms with Gasteiger partial charge in [-0.15, -0.1) is 0 Å². The van der Waals surface area contributed by atoms with Crippen molar-refractivity contribution in [2.75, 3.05) is 6.61 Å². The monoisotopic (exact) mass is 382 g/mol. The molecule has 2 heterocycles. The largest absolute Gasteiger partial charge is 0.461 e. The highest BCUT2D eigenvalue weighted by atomic mass is 32.2. The Hall–Kier alpha value is -2.93. The third-order valence-corrected chi connectivity index (χ3v) is 6.20. The molecule has 0 N–H and O–H groups in total. The molecular formula is C20H18N2O4S. The predicted molar refractivity (Wildman–Crippen MR) is 101 cm³/mol. The van der Waals surface area contributed by atoms with Gasteiger partial charge in [0.2, 0.25) is 0 Å². The first-order valence-electron chi connectivity index (χ1n) is 8.60. The number of aromatic nitrogens is 2. The number of esters is 1. The van der Waals surface area contributed by atoms with E-state index in [2.05, 4.69) is 5.10 Å². The maximum atomic E-state index is 12.8. The molecule has 2 aromatic carbocycles. The van der Waals surface area contributed by atoms with Gasteiger partial charge in [-0.25, -0.2) is 17.9 Å². The van der Waals surface area contributed by atoms with Crippen molar-refractivity contribution in [3.63, 3.8) is 0 Å². The summed E-state index contributed by atoms with van der Waals surface area (Å²) >= 11 is 0. The van der Waals surface area contributed by atoms with Gasteiger partial charge in [0, 0.05) is 11.1 Å². The van der Waals surface area contributed by atoms with Crippen LogP contribution in [0.4, 0.5) is 0 Å². The average Bonchev–Trinajstić information content (AvgIpc) is 3.01. The molecular weight excluding hydrogens is 364 g/mol. The number of carbonyl (C=O) groups is 1. The Bertz CT molecular complexity index is 1160. The topological polar surface area (TPSA) is 78.3 Å². The molecule has 0 atom stereocenters. The molecule has 0 radical (unpaired) electrons.